The molecule has 5 heteroatoms. The maximum Gasteiger partial charge on any atom is 0.222 e. The van der Waals surface area contributed by atoms with Gasteiger partial charge in [-0.1, -0.05) is 6.07 Å². The van der Waals surface area contributed by atoms with Crippen LogP contribution in [0.15, 0.2) is 54.9 Å². The summed E-state index contributed by atoms with van der Waals surface area (Å²) < 4.78 is 7.30. The standard InChI is InChI=1S/C18H19N3O2/c1-23-16-5-6-17-14(12-16)7-10-21(17)11-8-18(22)20-13-15-4-2-3-9-19-15/h2-7,9-10,12H,8,11,13H2,1H3,(H,20,22). The van der Waals surface area contributed by atoms with Crippen molar-refractivity contribution in [1.29, 1.82) is 0 Å². The number of hydrogen-bond acceptors (Lipinski definition) is 3. The van der Waals surface area contributed by atoms with Crippen LogP contribution in [0.25, 0.3) is 10.9 Å². The molecule has 0 aliphatic rings. The Morgan fingerprint density at radius 3 is 2.96 bits per heavy atom. The zero-order valence-corrected chi connectivity index (χ0v) is 13.0. The quantitative estimate of drug-likeness (QED) is 0.762. The molecule has 1 aromatic carbocycles. The van der Waals surface area contributed by atoms with E-state index in [0.717, 1.165) is 22.3 Å². The van der Waals surface area contributed by atoms with Gasteiger partial charge in [0.15, 0.2) is 0 Å². The Morgan fingerprint density at radius 1 is 1.26 bits per heavy atom. The first-order chi connectivity index (χ1) is 11.3. The lowest BCUT2D eigenvalue weighted by Gasteiger charge is -2.07. The number of hydrogen-bond donors (Lipinski definition) is 1. The van der Waals surface area contributed by atoms with Gasteiger partial charge in [0.25, 0.3) is 0 Å². The number of nitrogens with one attached hydrogen (secondary N) is 1. The number of carbonyl (C=O) groups excluding carboxylic acids is 1. The highest BCUT2D eigenvalue weighted by molar-refractivity contribution is 5.82. The van der Waals surface area contributed by atoms with Crippen LogP contribution in [0.3, 0.4) is 0 Å². The summed E-state index contributed by atoms with van der Waals surface area (Å²) in [6.45, 7) is 1.10. The molecule has 1 N–H and O–H groups in total. The lowest BCUT2D eigenvalue weighted by molar-refractivity contribution is -0.121. The third kappa shape index (κ3) is 3.69. The first-order valence-corrected chi connectivity index (χ1v) is 7.56. The normalized spacial score (nSPS) is 10.7. The summed E-state index contributed by atoms with van der Waals surface area (Å²) in [4.78, 5) is 16.2. The Labute approximate surface area is 134 Å². The Kier molecular flexibility index (Phi) is 4.57. The molecule has 0 unspecified atom stereocenters. The SMILES string of the molecule is COc1ccc2c(ccn2CCC(=O)NCc2ccccn2)c1. The monoisotopic (exact) mass is 309 g/mol. The van der Waals surface area contributed by atoms with Crippen molar-refractivity contribution in [2.24, 2.45) is 0 Å². The van der Waals surface area contributed by atoms with E-state index in [1.807, 2.05) is 48.7 Å². The lowest BCUT2D eigenvalue weighted by atomic mass is 10.2. The number of nitrogens with zero attached hydrogens (tertiary/aromatic N) is 2. The van der Waals surface area contributed by atoms with Gasteiger partial charge in [0.1, 0.15) is 5.75 Å². The van der Waals surface area contributed by atoms with Gasteiger partial charge in [0.2, 0.25) is 5.91 Å². The van der Waals surface area contributed by atoms with Crippen LogP contribution in [-0.2, 0) is 17.9 Å². The first kappa shape index (κ1) is 15.1. The molecule has 5 nitrogen and oxygen atoms in total. The highest BCUT2D eigenvalue weighted by atomic mass is 16.5. The second-order valence-corrected chi connectivity index (χ2v) is 5.28. The Bertz CT molecular complexity index is 796. The molecule has 0 bridgehead atoms. The molecule has 2 heterocycles. The number of ether oxygens (including phenoxy) is 1. The smallest absolute Gasteiger partial charge is 0.222 e. The predicted octanol–water partition coefficient (Wildman–Crippen LogP) is 2.75. The van der Waals surface area contributed by atoms with Gasteiger partial charge in [-0.15, -0.1) is 0 Å². The van der Waals surface area contributed by atoms with Crippen molar-refractivity contribution in [3.8, 4) is 5.75 Å². The summed E-state index contributed by atoms with van der Waals surface area (Å²) in [5.74, 6) is 0.856. The summed E-state index contributed by atoms with van der Waals surface area (Å²) in [7, 11) is 1.66. The van der Waals surface area contributed by atoms with Crippen LogP contribution in [-0.4, -0.2) is 22.6 Å². The van der Waals surface area contributed by atoms with Crippen molar-refractivity contribution in [3.05, 3.63) is 60.6 Å². The van der Waals surface area contributed by atoms with Crippen LogP contribution in [0.5, 0.6) is 5.75 Å². The topological polar surface area (TPSA) is 56.1 Å². The Morgan fingerprint density at radius 2 is 2.17 bits per heavy atom. The van der Waals surface area contributed by atoms with Crippen LogP contribution in [0.2, 0.25) is 0 Å². The van der Waals surface area contributed by atoms with E-state index in [0.29, 0.717) is 19.5 Å². The number of benzene rings is 1. The third-order valence-electron chi connectivity index (χ3n) is 3.75. The van der Waals surface area contributed by atoms with E-state index in [-0.39, 0.29) is 5.91 Å². The van der Waals surface area contributed by atoms with Crippen molar-refractivity contribution in [2.45, 2.75) is 19.5 Å². The number of aryl methyl sites for hydroxylation is 1. The van der Waals surface area contributed by atoms with Crippen molar-refractivity contribution >= 4 is 16.8 Å². The number of carbonyl (C=O) groups is 1. The first-order valence-electron chi connectivity index (χ1n) is 7.56. The van der Waals surface area contributed by atoms with E-state index < -0.39 is 0 Å². The number of amides is 1. The van der Waals surface area contributed by atoms with E-state index in [4.69, 9.17) is 4.74 Å². The van der Waals surface area contributed by atoms with Gasteiger partial charge in [0.05, 0.1) is 19.3 Å². The molecule has 23 heavy (non-hydrogen) atoms. The van der Waals surface area contributed by atoms with Crippen LogP contribution in [0.1, 0.15) is 12.1 Å². The van der Waals surface area contributed by atoms with E-state index in [1.54, 1.807) is 13.3 Å². The molecule has 0 saturated heterocycles. The molecule has 0 spiro atoms. The van der Waals surface area contributed by atoms with Gasteiger partial charge in [0, 0.05) is 36.3 Å². The van der Waals surface area contributed by atoms with Gasteiger partial charge in [-0.2, -0.15) is 0 Å². The largest absolute Gasteiger partial charge is 0.497 e. The van der Waals surface area contributed by atoms with Crippen LogP contribution >= 0.6 is 0 Å². The molecule has 0 fully saturated rings. The van der Waals surface area contributed by atoms with Crippen molar-refractivity contribution < 1.29 is 9.53 Å². The molecule has 0 aliphatic carbocycles. The molecule has 0 aliphatic heterocycles. The average molecular weight is 309 g/mol. The number of aromatic nitrogens is 2. The summed E-state index contributed by atoms with van der Waals surface area (Å²) in [5.41, 5.74) is 1.96. The number of pyridine rings is 1. The van der Waals surface area contributed by atoms with E-state index in [2.05, 4.69) is 14.9 Å². The maximum absolute atomic E-state index is 12.0. The number of fused-ring (bicyclic) bond motifs is 1. The van der Waals surface area contributed by atoms with Crippen molar-refractivity contribution in [3.63, 3.8) is 0 Å². The number of methoxy groups -OCH3 is 1. The molecule has 0 radical (unpaired) electrons. The zero-order valence-electron chi connectivity index (χ0n) is 13.0. The molecule has 1 amide bonds. The summed E-state index contributed by atoms with van der Waals surface area (Å²) in [6.07, 6.45) is 4.15. The molecule has 3 aromatic rings. The molecular weight excluding hydrogens is 290 g/mol. The Hall–Kier alpha value is -2.82. The summed E-state index contributed by atoms with van der Waals surface area (Å²) in [6, 6.07) is 13.6. The van der Waals surface area contributed by atoms with Gasteiger partial charge in [-0.25, -0.2) is 0 Å². The summed E-state index contributed by atoms with van der Waals surface area (Å²) >= 11 is 0. The van der Waals surface area contributed by atoms with Crippen molar-refractivity contribution in [1.82, 2.24) is 14.9 Å². The number of rotatable bonds is 6. The van der Waals surface area contributed by atoms with E-state index in [1.165, 1.54) is 0 Å². The zero-order chi connectivity index (χ0) is 16.1. The molecule has 0 atom stereocenters. The minimum absolute atomic E-state index is 0.0195. The average Bonchev–Trinajstić information content (AvgIpc) is 3.01. The van der Waals surface area contributed by atoms with Crippen molar-refractivity contribution in [2.75, 3.05) is 7.11 Å². The van der Waals surface area contributed by atoms with Gasteiger partial charge in [-0.05, 0) is 36.4 Å². The molecular formula is C18H19N3O2. The van der Waals surface area contributed by atoms with Gasteiger partial charge < -0.3 is 14.6 Å². The van der Waals surface area contributed by atoms with E-state index in [9.17, 15) is 4.79 Å². The Balaban J connectivity index is 1.56. The summed E-state index contributed by atoms with van der Waals surface area (Å²) in [5, 5.41) is 4.00. The van der Waals surface area contributed by atoms with Gasteiger partial charge >= 0.3 is 0 Å². The minimum Gasteiger partial charge on any atom is -0.497 e. The second kappa shape index (κ2) is 6.96. The molecule has 3 rings (SSSR count). The second-order valence-electron chi connectivity index (χ2n) is 5.28. The molecule has 0 saturated carbocycles. The third-order valence-corrected chi connectivity index (χ3v) is 3.75. The minimum atomic E-state index is 0.0195. The van der Waals surface area contributed by atoms with Crippen LogP contribution < -0.4 is 10.1 Å². The highest BCUT2D eigenvalue weighted by Crippen LogP contribution is 2.21. The fraction of sp³-hybridized carbons (Fsp3) is 0.222. The molecule has 118 valence electrons. The highest BCUT2D eigenvalue weighted by Gasteiger charge is 2.06. The maximum atomic E-state index is 12.0. The fourth-order valence-corrected chi connectivity index (χ4v) is 2.50. The van der Waals surface area contributed by atoms with E-state index >= 15 is 0 Å². The van der Waals surface area contributed by atoms with Crippen LogP contribution in [0.4, 0.5) is 0 Å². The van der Waals surface area contributed by atoms with Crippen LogP contribution in [0, 0.1) is 0 Å². The lowest BCUT2D eigenvalue weighted by Crippen LogP contribution is -2.24. The fourth-order valence-electron chi connectivity index (χ4n) is 2.50. The van der Waals surface area contributed by atoms with Gasteiger partial charge in [-0.3, -0.25) is 9.78 Å². The predicted molar refractivity (Wildman–Crippen MR) is 89.2 cm³/mol. The molecule has 2 aromatic heterocycles.